The SMILES string of the molecule is COc1cccc(NC(=O)NCC(C)CO)c1. The summed E-state index contributed by atoms with van der Waals surface area (Å²) in [5.74, 6) is 0.734. The summed E-state index contributed by atoms with van der Waals surface area (Å²) in [4.78, 5) is 11.5. The van der Waals surface area contributed by atoms with Crippen LogP contribution in [0.15, 0.2) is 24.3 Å². The van der Waals surface area contributed by atoms with E-state index in [2.05, 4.69) is 10.6 Å². The highest BCUT2D eigenvalue weighted by Crippen LogP contribution is 2.16. The first-order chi connectivity index (χ1) is 8.15. The molecule has 94 valence electrons. The van der Waals surface area contributed by atoms with Crippen LogP contribution in [0, 0.1) is 5.92 Å². The molecule has 0 spiro atoms. The van der Waals surface area contributed by atoms with E-state index in [4.69, 9.17) is 9.84 Å². The Morgan fingerprint density at radius 1 is 1.53 bits per heavy atom. The number of nitrogens with one attached hydrogen (secondary N) is 2. The van der Waals surface area contributed by atoms with Crippen molar-refractivity contribution < 1.29 is 14.6 Å². The van der Waals surface area contributed by atoms with Crippen LogP contribution in [-0.4, -0.2) is 31.4 Å². The summed E-state index contributed by atoms with van der Waals surface area (Å²) in [7, 11) is 1.57. The summed E-state index contributed by atoms with van der Waals surface area (Å²) in [5.41, 5.74) is 0.665. The van der Waals surface area contributed by atoms with E-state index >= 15 is 0 Å². The Bertz CT molecular complexity index is 369. The zero-order valence-corrected chi connectivity index (χ0v) is 10.1. The average molecular weight is 238 g/mol. The lowest BCUT2D eigenvalue weighted by atomic mass is 10.2. The monoisotopic (exact) mass is 238 g/mol. The third-order valence-corrected chi connectivity index (χ3v) is 2.25. The van der Waals surface area contributed by atoms with Gasteiger partial charge in [0, 0.05) is 24.9 Å². The Labute approximate surface area is 101 Å². The summed E-state index contributed by atoms with van der Waals surface area (Å²) in [5, 5.41) is 14.2. The maximum Gasteiger partial charge on any atom is 0.319 e. The lowest BCUT2D eigenvalue weighted by Gasteiger charge is -2.11. The first-order valence-electron chi connectivity index (χ1n) is 5.45. The largest absolute Gasteiger partial charge is 0.497 e. The lowest BCUT2D eigenvalue weighted by molar-refractivity contribution is 0.227. The van der Waals surface area contributed by atoms with Gasteiger partial charge in [-0.15, -0.1) is 0 Å². The number of carbonyl (C=O) groups excluding carboxylic acids is 1. The molecular formula is C12H18N2O3. The van der Waals surface area contributed by atoms with Crippen LogP contribution in [0.3, 0.4) is 0 Å². The van der Waals surface area contributed by atoms with Crippen molar-refractivity contribution in [3.63, 3.8) is 0 Å². The highest BCUT2D eigenvalue weighted by Gasteiger charge is 2.04. The van der Waals surface area contributed by atoms with Crippen LogP contribution in [0.4, 0.5) is 10.5 Å². The van der Waals surface area contributed by atoms with Gasteiger partial charge in [-0.2, -0.15) is 0 Å². The van der Waals surface area contributed by atoms with Crippen molar-refractivity contribution in [2.24, 2.45) is 5.92 Å². The lowest BCUT2D eigenvalue weighted by Crippen LogP contribution is -2.33. The second kappa shape index (κ2) is 6.75. The Morgan fingerprint density at radius 3 is 2.94 bits per heavy atom. The van der Waals surface area contributed by atoms with Crippen LogP contribution >= 0.6 is 0 Å². The van der Waals surface area contributed by atoms with Gasteiger partial charge in [-0.1, -0.05) is 13.0 Å². The minimum Gasteiger partial charge on any atom is -0.497 e. The summed E-state index contributed by atoms with van der Waals surface area (Å²) >= 11 is 0. The fourth-order valence-corrected chi connectivity index (χ4v) is 1.21. The molecule has 0 radical (unpaired) electrons. The summed E-state index contributed by atoms with van der Waals surface area (Å²) in [6.07, 6.45) is 0. The molecule has 0 saturated heterocycles. The van der Waals surface area contributed by atoms with Crippen molar-refractivity contribution in [3.8, 4) is 5.75 Å². The van der Waals surface area contributed by atoms with Gasteiger partial charge in [-0.25, -0.2) is 4.79 Å². The normalized spacial score (nSPS) is 11.7. The molecule has 0 saturated carbocycles. The number of aliphatic hydroxyl groups is 1. The van der Waals surface area contributed by atoms with Crippen molar-refractivity contribution in [1.29, 1.82) is 0 Å². The number of benzene rings is 1. The molecule has 0 aliphatic carbocycles. The Kier molecular flexibility index (Phi) is 5.29. The van der Waals surface area contributed by atoms with Gasteiger partial charge in [0.2, 0.25) is 0 Å². The second-order valence-electron chi connectivity index (χ2n) is 3.85. The standard InChI is InChI=1S/C12H18N2O3/c1-9(8-15)7-13-12(16)14-10-4-3-5-11(6-10)17-2/h3-6,9,15H,7-8H2,1-2H3,(H2,13,14,16). The van der Waals surface area contributed by atoms with E-state index in [0.717, 1.165) is 0 Å². The predicted octanol–water partition coefficient (Wildman–Crippen LogP) is 1.45. The van der Waals surface area contributed by atoms with Crippen molar-refractivity contribution in [1.82, 2.24) is 5.32 Å². The van der Waals surface area contributed by atoms with Crippen LogP contribution in [0.2, 0.25) is 0 Å². The zero-order valence-electron chi connectivity index (χ0n) is 10.1. The fourth-order valence-electron chi connectivity index (χ4n) is 1.21. The summed E-state index contributed by atoms with van der Waals surface area (Å²) in [6, 6.07) is 6.81. The number of anilines is 1. The topological polar surface area (TPSA) is 70.6 Å². The molecule has 0 aromatic heterocycles. The molecule has 1 unspecified atom stereocenters. The van der Waals surface area contributed by atoms with Crippen LogP contribution in [-0.2, 0) is 0 Å². The quantitative estimate of drug-likeness (QED) is 0.727. The zero-order chi connectivity index (χ0) is 12.7. The Hall–Kier alpha value is -1.75. The molecule has 17 heavy (non-hydrogen) atoms. The molecular weight excluding hydrogens is 220 g/mol. The maximum absolute atomic E-state index is 11.5. The third-order valence-electron chi connectivity index (χ3n) is 2.25. The highest BCUT2D eigenvalue weighted by molar-refractivity contribution is 5.89. The predicted molar refractivity (Wildman–Crippen MR) is 66.3 cm³/mol. The first-order valence-corrected chi connectivity index (χ1v) is 5.45. The maximum atomic E-state index is 11.5. The van der Waals surface area contributed by atoms with Crippen molar-refractivity contribution in [2.45, 2.75) is 6.92 Å². The van der Waals surface area contributed by atoms with E-state index in [0.29, 0.717) is 18.0 Å². The van der Waals surface area contributed by atoms with Gasteiger partial charge in [0.15, 0.2) is 0 Å². The molecule has 1 rings (SSSR count). The molecule has 5 heteroatoms. The number of rotatable bonds is 5. The van der Waals surface area contributed by atoms with E-state index in [1.165, 1.54) is 0 Å². The Morgan fingerprint density at radius 2 is 2.29 bits per heavy atom. The number of aliphatic hydroxyl groups excluding tert-OH is 1. The summed E-state index contributed by atoms with van der Waals surface area (Å²) < 4.78 is 5.05. The highest BCUT2D eigenvalue weighted by atomic mass is 16.5. The van der Waals surface area contributed by atoms with Crippen LogP contribution in [0.1, 0.15) is 6.92 Å². The van der Waals surface area contributed by atoms with Gasteiger partial charge in [-0.3, -0.25) is 0 Å². The number of hydrogen-bond donors (Lipinski definition) is 3. The van der Waals surface area contributed by atoms with E-state index in [1.54, 1.807) is 31.4 Å². The molecule has 2 amide bonds. The van der Waals surface area contributed by atoms with Crippen molar-refractivity contribution in [3.05, 3.63) is 24.3 Å². The molecule has 0 aliphatic rings. The number of amides is 2. The van der Waals surface area contributed by atoms with Gasteiger partial charge < -0.3 is 20.5 Å². The van der Waals surface area contributed by atoms with E-state index in [9.17, 15) is 4.79 Å². The molecule has 0 fully saturated rings. The van der Waals surface area contributed by atoms with Crippen LogP contribution < -0.4 is 15.4 Å². The van der Waals surface area contributed by atoms with Crippen molar-refractivity contribution >= 4 is 11.7 Å². The molecule has 0 aliphatic heterocycles. The minimum absolute atomic E-state index is 0.0473. The van der Waals surface area contributed by atoms with E-state index < -0.39 is 0 Å². The molecule has 1 atom stereocenters. The number of urea groups is 1. The molecule has 0 heterocycles. The summed E-state index contributed by atoms with van der Waals surface area (Å²) in [6.45, 7) is 2.34. The average Bonchev–Trinajstić information content (AvgIpc) is 2.36. The molecule has 5 nitrogen and oxygen atoms in total. The number of hydrogen-bond acceptors (Lipinski definition) is 3. The van der Waals surface area contributed by atoms with Gasteiger partial charge in [0.25, 0.3) is 0 Å². The van der Waals surface area contributed by atoms with Gasteiger partial charge in [-0.05, 0) is 18.1 Å². The fraction of sp³-hybridized carbons (Fsp3) is 0.417. The molecule has 1 aromatic carbocycles. The number of methoxy groups -OCH3 is 1. The minimum atomic E-state index is -0.293. The van der Waals surface area contributed by atoms with Gasteiger partial charge >= 0.3 is 6.03 Å². The molecule has 0 bridgehead atoms. The smallest absolute Gasteiger partial charge is 0.319 e. The van der Waals surface area contributed by atoms with Crippen LogP contribution in [0.25, 0.3) is 0 Å². The van der Waals surface area contributed by atoms with E-state index in [-0.39, 0.29) is 18.6 Å². The molecule has 1 aromatic rings. The number of carbonyl (C=O) groups is 1. The first kappa shape index (κ1) is 13.3. The van der Waals surface area contributed by atoms with E-state index in [1.807, 2.05) is 6.92 Å². The Balaban J connectivity index is 2.44. The van der Waals surface area contributed by atoms with Gasteiger partial charge in [0.05, 0.1) is 7.11 Å². The van der Waals surface area contributed by atoms with Gasteiger partial charge in [0.1, 0.15) is 5.75 Å². The third kappa shape index (κ3) is 4.74. The van der Waals surface area contributed by atoms with Crippen LogP contribution in [0.5, 0.6) is 5.75 Å². The number of ether oxygens (including phenoxy) is 1. The second-order valence-corrected chi connectivity index (χ2v) is 3.85. The molecule has 3 N–H and O–H groups in total. The van der Waals surface area contributed by atoms with Crippen molar-refractivity contribution in [2.75, 3.05) is 25.6 Å².